The van der Waals surface area contributed by atoms with Crippen molar-refractivity contribution in [2.24, 2.45) is 0 Å². The van der Waals surface area contributed by atoms with Crippen LogP contribution in [0.15, 0.2) is 24.3 Å². The standard InChI is InChI=1S/C21H36O2/c1-3-4-5-6-7-8-9-10-11-12-13-14-19-23-21-17-15-20(22-2)16-18-21/h15-18H,3-14,19H2,1-2H3. The second-order valence-corrected chi connectivity index (χ2v) is 6.41. The Hall–Kier alpha value is -1.18. The zero-order chi connectivity index (χ0) is 16.6. The third kappa shape index (κ3) is 11.1. The van der Waals surface area contributed by atoms with Gasteiger partial charge < -0.3 is 9.47 Å². The predicted octanol–water partition coefficient (Wildman–Crippen LogP) is 6.78. The minimum atomic E-state index is 0.823. The van der Waals surface area contributed by atoms with Gasteiger partial charge >= 0.3 is 0 Å². The fourth-order valence-electron chi connectivity index (χ4n) is 2.81. The summed E-state index contributed by atoms with van der Waals surface area (Å²) in [6.45, 7) is 3.10. The number of benzene rings is 1. The molecule has 0 aliphatic rings. The second-order valence-electron chi connectivity index (χ2n) is 6.41. The van der Waals surface area contributed by atoms with Crippen LogP contribution in [0.2, 0.25) is 0 Å². The molecule has 23 heavy (non-hydrogen) atoms. The molecular weight excluding hydrogens is 284 g/mol. The summed E-state index contributed by atoms with van der Waals surface area (Å²) >= 11 is 0. The van der Waals surface area contributed by atoms with E-state index >= 15 is 0 Å². The van der Waals surface area contributed by atoms with Gasteiger partial charge in [-0.2, -0.15) is 0 Å². The number of methoxy groups -OCH3 is 1. The predicted molar refractivity (Wildman–Crippen MR) is 99.6 cm³/mol. The fraction of sp³-hybridized carbons (Fsp3) is 0.714. The number of rotatable bonds is 15. The van der Waals surface area contributed by atoms with Gasteiger partial charge in [0.2, 0.25) is 0 Å². The van der Waals surface area contributed by atoms with E-state index in [0.717, 1.165) is 24.5 Å². The summed E-state index contributed by atoms with van der Waals surface area (Å²) in [5.74, 6) is 1.82. The van der Waals surface area contributed by atoms with Crippen molar-refractivity contribution in [2.75, 3.05) is 13.7 Å². The van der Waals surface area contributed by atoms with Gasteiger partial charge in [-0.25, -0.2) is 0 Å². The number of hydrogen-bond donors (Lipinski definition) is 0. The molecule has 2 heteroatoms. The zero-order valence-electron chi connectivity index (χ0n) is 15.3. The van der Waals surface area contributed by atoms with E-state index < -0.39 is 0 Å². The van der Waals surface area contributed by atoms with Crippen molar-refractivity contribution in [3.8, 4) is 11.5 Å². The third-order valence-electron chi connectivity index (χ3n) is 4.33. The van der Waals surface area contributed by atoms with Crippen molar-refractivity contribution in [3.63, 3.8) is 0 Å². The lowest BCUT2D eigenvalue weighted by Crippen LogP contribution is -1.97. The monoisotopic (exact) mass is 320 g/mol. The van der Waals surface area contributed by atoms with Gasteiger partial charge in [0.15, 0.2) is 0 Å². The molecule has 0 saturated heterocycles. The quantitative estimate of drug-likeness (QED) is 0.332. The Bertz CT molecular complexity index is 359. The molecule has 0 aromatic heterocycles. The van der Waals surface area contributed by atoms with Gasteiger partial charge in [-0.3, -0.25) is 0 Å². The van der Waals surface area contributed by atoms with Crippen LogP contribution >= 0.6 is 0 Å². The zero-order valence-corrected chi connectivity index (χ0v) is 15.3. The van der Waals surface area contributed by atoms with Crippen LogP contribution in [-0.2, 0) is 0 Å². The van der Waals surface area contributed by atoms with Crippen molar-refractivity contribution < 1.29 is 9.47 Å². The van der Waals surface area contributed by atoms with Crippen LogP contribution in [0, 0.1) is 0 Å². The molecule has 2 nitrogen and oxygen atoms in total. The van der Waals surface area contributed by atoms with Gasteiger partial charge in [-0.05, 0) is 30.7 Å². The van der Waals surface area contributed by atoms with Crippen molar-refractivity contribution in [2.45, 2.75) is 84.0 Å². The highest BCUT2D eigenvalue weighted by Gasteiger charge is 1.96. The summed E-state index contributed by atoms with van der Waals surface area (Å²) in [4.78, 5) is 0. The molecule has 0 fully saturated rings. The first-order valence-corrected chi connectivity index (χ1v) is 9.63. The molecule has 0 aliphatic carbocycles. The maximum atomic E-state index is 5.74. The third-order valence-corrected chi connectivity index (χ3v) is 4.33. The Morgan fingerprint density at radius 3 is 1.52 bits per heavy atom. The first kappa shape index (κ1) is 19.9. The SMILES string of the molecule is CCCCCCCCCCCCCCOc1ccc(OC)cc1. The molecule has 1 aromatic carbocycles. The number of unbranched alkanes of at least 4 members (excludes halogenated alkanes) is 11. The van der Waals surface area contributed by atoms with E-state index in [1.807, 2.05) is 24.3 Å². The number of hydrogen-bond acceptors (Lipinski definition) is 2. The summed E-state index contributed by atoms with van der Waals surface area (Å²) in [6.07, 6.45) is 16.5. The highest BCUT2D eigenvalue weighted by molar-refractivity contribution is 5.31. The molecule has 0 N–H and O–H groups in total. The van der Waals surface area contributed by atoms with Crippen molar-refractivity contribution in [1.82, 2.24) is 0 Å². The molecule has 0 aliphatic heterocycles. The van der Waals surface area contributed by atoms with Crippen LogP contribution in [0.4, 0.5) is 0 Å². The first-order valence-electron chi connectivity index (χ1n) is 9.63. The fourth-order valence-corrected chi connectivity index (χ4v) is 2.81. The number of ether oxygens (including phenoxy) is 2. The van der Waals surface area contributed by atoms with Gasteiger partial charge in [0, 0.05) is 0 Å². The molecule has 1 aromatic rings. The summed E-state index contributed by atoms with van der Waals surface area (Å²) in [6, 6.07) is 7.83. The van der Waals surface area contributed by atoms with Crippen molar-refractivity contribution >= 4 is 0 Å². The van der Waals surface area contributed by atoms with E-state index in [-0.39, 0.29) is 0 Å². The molecule has 1 rings (SSSR count). The second kappa shape index (κ2) is 14.4. The van der Waals surface area contributed by atoms with Gasteiger partial charge in [0.25, 0.3) is 0 Å². The molecule has 0 saturated carbocycles. The normalized spacial score (nSPS) is 10.7. The lowest BCUT2D eigenvalue weighted by molar-refractivity contribution is 0.303. The highest BCUT2D eigenvalue weighted by Crippen LogP contribution is 2.17. The van der Waals surface area contributed by atoms with Gasteiger partial charge in [-0.1, -0.05) is 77.6 Å². The topological polar surface area (TPSA) is 18.5 Å². The molecule has 0 heterocycles. The average Bonchev–Trinajstić information content (AvgIpc) is 2.59. The van der Waals surface area contributed by atoms with E-state index in [1.54, 1.807) is 7.11 Å². The highest BCUT2D eigenvalue weighted by atomic mass is 16.5. The molecular formula is C21H36O2. The molecule has 0 radical (unpaired) electrons. The smallest absolute Gasteiger partial charge is 0.119 e. The van der Waals surface area contributed by atoms with Crippen molar-refractivity contribution in [3.05, 3.63) is 24.3 Å². The molecule has 0 atom stereocenters. The minimum absolute atomic E-state index is 0.823. The first-order chi connectivity index (χ1) is 11.4. The Morgan fingerprint density at radius 1 is 0.609 bits per heavy atom. The maximum Gasteiger partial charge on any atom is 0.119 e. The lowest BCUT2D eigenvalue weighted by Gasteiger charge is -2.07. The molecule has 132 valence electrons. The van der Waals surface area contributed by atoms with Gasteiger partial charge in [0.05, 0.1) is 13.7 Å². The van der Waals surface area contributed by atoms with Crippen LogP contribution in [0.5, 0.6) is 11.5 Å². The van der Waals surface area contributed by atoms with E-state index in [4.69, 9.17) is 9.47 Å². The maximum absolute atomic E-state index is 5.74. The Morgan fingerprint density at radius 2 is 1.04 bits per heavy atom. The van der Waals surface area contributed by atoms with Crippen LogP contribution in [0.25, 0.3) is 0 Å². The van der Waals surface area contributed by atoms with Crippen LogP contribution < -0.4 is 9.47 Å². The van der Waals surface area contributed by atoms with Crippen LogP contribution in [0.1, 0.15) is 84.0 Å². The van der Waals surface area contributed by atoms with Crippen LogP contribution in [0.3, 0.4) is 0 Å². The Labute approximate surface area is 143 Å². The van der Waals surface area contributed by atoms with Gasteiger partial charge in [0.1, 0.15) is 11.5 Å². The van der Waals surface area contributed by atoms with Crippen LogP contribution in [-0.4, -0.2) is 13.7 Å². The average molecular weight is 321 g/mol. The van der Waals surface area contributed by atoms with E-state index in [9.17, 15) is 0 Å². The summed E-state index contributed by atoms with van der Waals surface area (Å²) in [7, 11) is 1.68. The molecule has 0 spiro atoms. The molecule has 0 amide bonds. The van der Waals surface area contributed by atoms with E-state index in [1.165, 1.54) is 70.6 Å². The van der Waals surface area contributed by atoms with E-state index in [0.29, 0.717) is 0 Å². The largest absolute Gasteiger partial charge is 0.497 e. The molecule has 0 bridgehead atoms. The summed E-state index contributed by atoms with van der Waals surface area (Å²) in [5, 5.41) is 0. The van der Waals surface area contributed by atoms with Crippen molar-refractivity contribution in [1.29, 1.82) is 0 Å². The lowest BCUT2D eigenvalue weighted by atomic mass is 10.1. The minimum Gasteiger partial charge on any atom is -0.497 e. The molecule has 0 unspecified atom stereocenters. The van der Waals surface area contributed by atoms with Gasteiger partial charge in [-0.15, -0.1) is 0 Å². The Kier molecular flexibility index (Phi) is 12.5. The Balaban J connectivity index is 1.82. The van der Waals surface area contributed by atoms with E-state index in [2.05, 4.69) is 6.92 Å². The summed E-state index contributed by atoms with van der Waals surface area (Å²) in [5.41, 5.74) is 0. The summed E-state index contributed by atoms with van der Waals surface area (Å²) < 4.78 is 10.9.